The third-order valence-electron chi connectivity index (χ3n) is 7.37. The molecular formula is C22H34N2O2. The number of nitrogens with zero attached hydrogens (tertiary/aromatic N) is 2. The zero-order chi connectivity index (χ0) is 18.1. The third kappa shape index (κ3) is 3.01. The highest BCUT2D eigenvalue weighted by molar-refractivity contribution is 5.46. The predicted molar refractivity (Wildman–Crippen MR) is 105 cm³/mol. The Labute approximate surface area is 158 Å². The summed E-state index contributed by atoms with van der Waals surface area (Å²) in [5.41, 5.74) is 1.72. The first kappa shape index (κ1) is 18.1. The maximum Gasteiger partial charge on any atom is 0.161 e. The molecule has 1 aromatic rings. The minimum Gasteiger partial charge on any atom is -0.493 e. The van der Waals surface area contributed by atoms with Crippen LogP contribution in [0.4, 0.5) is 0 Å². The fourth-order valence-corrected chi connectivity index (χ4v) is 5.86. The molecule has 3 atom stereocenters. The monoisotopic (exact) mass is 358 g/mol. The van der Waals surface area contributed by atoms with Crippen molar-refractivity contribution in [3.8, 4) is 11.5 Å². The Bertz CT molecular complexity index is 629. The largest absolute Gasteiger partial charge is 0.493 e. The van der Waals surface area contributed by atoms with Gasteiger partial charge in [-0.15, -0.1) is 0 Å². The van der Waals surface area contributed by atoms with Gasteiger partial charge in [0.2, 0.25) is 0 Å². The summed E-state index contributed by atoms with van der Waals surface area (Å²) < 4.78 is 11.1. The van der Waals surface area contributed by atoms with Gasteiger partial charge in [0.05, 0.1) is 14.2 Å². The van der Waals surface area contributed by atoms with Gasteiger partial charge in [0.1, 0.15) is 0 Å². The van der Waals surface area contributed by atoms with E-state index < -0.39 is 0 Å². The normalized spacial score (nSPS) is 33.0. The first-order valence-corrected chi connectivity index (χ1v) is 10.3. The highest BCUT2D eigenvalue weighted by Gasteiger charge is 2.51. The minimum absolute atomic E-state index is 0.278. The Morgan fingerprint density at radius 2 is 1.73 bits per heavy atom. The van der Waals surface area contributed by atoms with E-state index in [0.29, 0.717) is 6.04 Å². The molecule has 1 aliphatic carbocycles. The molecule has 144 valence electrons. The summed E-state index contributed by atoms with van der Waals surface area (Å²) in [6, 6.07) is 8.03. The molecule has 0 aromatic heterocycles. The molecule has 0 amide bonds. The van der Waals surface area contributed by atoms with E-state index >= 15 is 0 Å². The lowest BCUT2D eigenvalue weighted by Gasteiger charge is -2.48. The van der Waals surface area contributed by atoms with Gasteiger partial charge in [-0.2, -0.15) is 0 Å². The average Bonchev–Trinajstić information content (AvgIpc) is 3.05. The smallest absolute Gasteiger partial charge is 0.161 e. The van der Waals surface area contributed by atoms with Crippen LogP contribution < -0.4 is 9.47 Å². The Kier molecular flexibility index (Phi) is 5.15. The molecule has 26 heavy (non-hydrogen) atoms. The fourth-order valence-electron chi connectivity index (χ4n) is 5.86. The van der Waals surface area contributed by atoms with E-state index in [-0.39, 0.29) is 5.41 Å². The average molecular weight is 359 g/mol. The lowest BCUT2D eigenvalue weighted by molar-refractivity contribution is 0.0696. The van der Waals surface area contributed by atoms with Crippen LogP contribution in [-0.4, -0.2) is 62.8 Å². The van der Waals surface area contributed by atoms with Gasteiger partial charge in [-0.1, -0.05) is 12.5 Å². The van der Waals surface area contributed by atoms with E-state index in [1.54, 1.807) is 14.2 Å². The minimum atomic E-state index is 0.278. The molecule has 0 bridgehead atoms. The van der Waals surface area contributed by atoms with Crippen LogP contribution in [0.15, 0.2) is 18.2 Å². The van der Waals surface area contributed by atoms with Crippen LogP contribution >= 0.6 is 0 Å². The topological polar surface area (TPSA) is 24.9 Å². The zero-order valence-corrected chi connectivity index (χ0v) is 16.7. The van der Waals surface area contributed by atoms with Gasteiger partial charge in [0, 0.05) is 17.5 Å². The van der Waals surface area contributed by atoms with Crippen molar-refractivity contribution >= 4 is 0 Å². The maximum absolute atomic E-state index is 5.61. The molecule has 1 aromatic carbocycles. The van der Waals surface area contributed by atoms with E-state index in [0.717, 1.165) is 17.5 Å². The number of fused-ring (bicyclic) bond motifs is 1. The Balaban J connectivity index is 1.61. The standard InChI is InChI=1S/C22H34N2O2/c1-23-14-11-22(17-7-8-19(25-2)20(15-17)26-3)10-9-18(16-21(22)23)24-12-5-4-6-13-24/h7-8,15,18,21H,4-6,9-14,16H2,1-3H3. The van der Waals surface area contributed by atoms with Crippen LogP contribution in [0.5, 0.6) is 11.5 Å². The van der Waals surface area contributed by atoms with E-state index in [4.69, 9.17) is 9.47 Å². The predicted octanol–water partition coefficient (Wildman–Crippen LogP) is 3.68. The van der Waals surface area contributed by atoms with Crippen molar-refractivity contribution in [2.45, 2.75) is 62.4 Å². The second kappa shape index (κ2) is 7.40. The summed E-state index contributed by atoms with van der Waals surface area (Å²) in [5, 5.41) is 0. The number of likely N-dealkylation sites (tertiary alicyclic amines) is 2. The summed E-state index contributed by atoms with van der Waals surface area (Å²) in [4.78, 5) is 5.40. The summed E-state index contributed by atoms with van der Waals surface area (Å²) in [6.07, 6.45) is 9.39. The molecule has 4 heteroatoms. The molecule has 3 aliphatic rings. The van der Waals surface area contributed by atoms with Crippen LogP contribution in [0.25, 0.3) is 0 Å². The van der Waals surface area contributed by atoms with E-state index in [2.05, 4.69) is 35.0 Å². The van der Waals surface area contributed by atoms with Crippen LogP contribution in [0.1, 0.15) is 50.5 Å². The number of likely N-dealkylation sites (N-methyl/N-ethyl adjacent to an activating group) is 1. The number of piperidine rings is 1. The van der Waals surface area contributed by atoms with Gasteiger partial charge in [-0.25, -0.2) is 0 Å². The van der Waals surface area contributed by atoms with Crippen molar-refractivity contribution in [3.63, 3.8) is 0 Å². The number of ether oxygens (including phenoxy) is 2. The van der Waals surface area contributed by atoms with Crippen LogP contribution in [0, 0.1) is 0 Å². The van der Waals surface area contributed by atoms with E-state index in [9.17, 15) is 0 Å². The number of hydrogen-bond acceptors (Lipinski definition) is 4. The second-order valence-corrected chi connectivity index (χ2v) is 8.50. The first-order valence-electron chi connectivity index (χ1n) is 10.3. The summed E-state index contributed by atoms with van der Waals surface area (Å²) in [5.74, 6) is 1.70. The van der Waals surface area contributed by atoms with Gasteiger partial charge in [-0.05, 0) is 82.9 Å². The molecule has 4 rings (SSSR count). The van der Waals surface area contributed by atoms with Gasteiger partial charge in [0.15, 0.2) is 11.5 Å². The molecule has 0 radical (unpaired) electrons. The molecule has 2 heterocycles. The number of benzene rings is 1. The zero-order valence-electron chi connectivity index (χ0n) is 16.7. The van der Waals surface area contributed by atoms with Gasteiger partial charge < -0.3 is 19.3 Å². The Hall–Kier alpha value is -1.26. The van der Waals surface area contributed by atoms with Crippen molar-refractivity contribution in [1.82, 2.24) is 9.80 Å². The van der Waals surface area contributed by atoms with Gasteiger partial charge >= 0.3 is 0 Å². The van der Waals surface area contributed by atoms with Crippen LogP contribution in [0.3, 0.4) is 0 Å². The summed E-state index contributed by atoms with van der Waals surface area (Å²) in [6.45, 7) is 3.82. The number of hydrogen-bond donors (Lipinski definition) is 0. The highest BCUT2D eigenvalue weighted by atomic mass is 16.5. The molecule has 2 aliphatic heterocycles. The lowest BCUT2D eigenvalue weighted by atomic mass is 9.64. The molecule has 2 saturated heterocycles. The third-order valence-corrected chi connectivity index (χ3v) is 7.37. The lowest BCUT2D eigenvalue weighted by Crippen LogP contribution is -2.52. The Morgan fingerprint density at radius 3 is 2.46 bits per heavy atom. The van der Waals surface area contributed by atoms with Crippen LogP contribution in [0.2, 0.25) is 0 Å². The molecular weight excluding hydrogens is 324 g/mol. The molecule has 0 spiro atoms. The molecule has 3 fully saturated rings. The van der Waals surface area contributed by atoms with Crippen molar-refractivity contribution in [3.05, 3.63) is 23.8 Å². The molecule has 0 N–H and O–H groups in total. The van der Waals surface area contributed by atoms with Crippen LogP contribution in [-0.2, 0) is 5.41 Å². The quantitative estimate of drug-likeness (QED) is 0.820. The van der Waals surface area contributed by atoms with Crippen molar-refractivity contribution < 1.29 is 9.47 Å². The number of methoxy groups -OCH3 is 2. The molecule has 3 unspecified atom stereocenters. The molecule has 4 nitrogen and oxygen atoms in total. The highest BCUT2D eigenvalue weighted by Crippen LogP contribution is 2.50. The Morgan fingerprint density at radius 1 is 0.962 bits per heavy atom. The maximum atomic E-state index is 5.61. The summed E-state index contributed by atoms with van der Waals surface area (Å²) >= 11 is 0. The summed E-state index contributed by atoms with van der Waals surface area (Å²) in [7, 11) is 5.78. The van der Waals surface area contributed by atoms with Crippen molar-refractivity contribution in [1.29, 1.82) is 0 Å². The van der Waals surface area contributed by atoms with Crippen molar-refractivity contribution in [2.24, 2.45) is 0 Å². The van der Waals surface area contributed by atoms with Gasteiger partial charge in [0.25, 0.3) is 0 Å². The second-order valence-electron chi connectivity index (χ2n) is 8.50. The molecule has 1 saturated carbocycles. The SMILES string of the molecule is COc1ccc(C23CCC(N4CCCCC4)CC2N(C)CC3)cc1OC. The van der Waals surface area contributed by atoms with Gasteiger partial charge in [-0.3, -0.25) is 0 Å². The van der Waals surface area contributed by atoms with E-state index in [1.165, 1.54) is 70.1 Å². The number of rotatable bonds is 4. The first-order chi connectivity index (χ1) is 12.7. The fraction of sp³-hybridized carbons (Fsp3) is 0.727. The van der Waals surface area contributed by atoms with Crippen molar-refractivity contribution in [2.75, 3.05) is 40.9 Å². The van der Waals surface area contributed by atoms with E-state index in [1.807, 2.05) is 0 Å².